The van der Waals surface area contributed by atoms with Crippen LogP contribution in [0.25, 0.3) is 0 Å². The van der Waals surface area contributed by atoms with Crippen LogP contribution in [-0.4, -0.2) is 41.8 Å². The second-order valence-corrected chi connectivity index (χ2v) is 6.60. The molecule has 1 aliphatic rings. The molecule has 0 bridgehead atoms. The molecule has 6 heteroatoms. The van der Waals surface area contributed by atoms with Crippen LogP contribution < -0.4 is 0 Å². The largest absolute Gasteiger partial charge is 0.387 e. The van der Waals surface area contributed by atoms with E-state index in [1.54, 1.807) is 6.07 Å². The molecule has 1 saturated heterocycles. The van der Waals surface area contributed by atoms with Crippen LogP contribution in [0, 0.1) is 17.2 Å². The minimum Gasteiger partial charge on any atom is -0.387 e. The average molecular weight is 232 g/mol. The number of sulfonamides is 1. The zero-order chi connectivity index (χ0) is 11.9. The van der Waals surface area contributed by atoms with E-state index in [1.165, 1.54) is 11.2 Å². The van der Waals surface area contributed by atoms with Crippen molar-refractivity contribution in [3.63, 3.8) is 0 Å². The number of β-amino-alcohol motifs (C(OH)–C–C–N with tert-alkyl or cyclic N) is 1. The fourth-order valence-electron chi connectivity index (χ4n) is 1.40. The monoisotopic (exact) mass is 232 g/mol. The Kier molecular flexibility index (Phi) is 3.10. The first-order valence-electron chi connectivity index (χ1n) is 4.85. The Labute approximate surface area is 90.4 Å². The lowest BCUT2D eigenvalue weighted by molar-refractivity contribution is -0.0933. The van der Waals surface area contributed by atoms with E-state index in [0.717, 1.165) is 0 Å². The van der Waals surface area contributed by atoms with Gasteiger partial charge in [0.2, 0.25) is 10.0 Å². The number of hydrogen-bond donors (Lipinski definition) is 1. The van der Waals surface area contributed by atoms with Crippen molar-refractivity contribution in [3.8, 4) is 6.07 Å². The zero-order valence-electron chi connectivity index (χ0n) is 9.14. The highest BCUT2D eigenvalue weighted by Crippen LogP contribution is 2.31. The Balaban J connectivity index is 2.72. The molecule has 0 radical (unpaired) electrons. The molecule has 0 saturated carbocycles. The topological polar surface area (TPSA) is 81.4 Å². The summed E-state index contributed by atoms with van der Waals surface area (Å²) in [6.45, 7) is 5.23. The summed E-state index contributed by atoms with van der Waals surface area (Å²) in [6.07, 6.45) is 0. The number of nitriles is 1. The van der Waals surface area contributed by atoms with Gasteiger partial charge in [-0.1, -0.05) is 13.8 Å². The first-order valence-corrected chi connectivity index (χ1v) is 6.35. The van der Waals surface area contributed by atoms with Crippen LogP contribution in [0.3, 0.4) is 0 Å². The van der Waals surface area contributed by atoms with Crippen LogP contribution in [0.5, 0.6) is 0 Å². The van der Waals surface area contributed by atoms with Gasteiger partial charge in [0.15, 0.2) is 5.25 Å². The highest BCUT2D eigenvalue weighted by molar-refractivity contribution is 7.90. The molecule has 0 aromatic carbocycles. The Hall–Kier alpha value is -0.640. The van der Waals surface area contributed by atoms with Gasteiger partial charge in [-0.05, 0) is 12.8 Å². The van der Waals surface area contributed by atoms with Crippen LogP contribution in [0.2, 0.25) is 0 Å². The van der Waals surface area contributed by atoms with Gasteiger partial charge in [-0.25, -0.2) is 8.42 Å². The Morgan fingerprint density at radius 2 is 1.87 bits per heavy atom. The molecule has 1 heterocycles. The lowest BCUT2D eigenvalue weighted by Crippen LogP contribution is -2.66. The quantitative estimate of drug-likeness (QED) is 0.738. The molecule has 15 heavy (non-hydrogen) atoms. The summed E-state index contributed by atoms with van der Waals surface area (Å²) >= 11 is 0. The molecule has 1 fully saturated rings. The van der Waals surface area contributed by atoms with Gasteiger partial charge < -0.3 is 5.11 Å². The lowest BCUT2D eigenvalue weighted by atomic mass is 9.85. The van der Waals surface area contributed by atoms with Gasteiger partial charge in [-0.3, -0.25) is 0 Å². The van der Waals surface area contributed by atoms with Crippen molar-refractivity contribution >= 4 is 10.0 Å². The smallest absolute Gasteiger partial charge is 0.230 e. The van der Waals surface area contributed by atoms with E-state index in [1.807, 2.05) is 13.8 Å². The molecule has 0 aromatic rings. The number of nitrogens with zero attached hydrogens (tertiary/aromatic N) is 2. The second-order valence-electron chi connectivity index (χ2n) is 4.34. The van der Waals surface area contributed by atoms with E-state index in [-0.39, 0.29) is 19.0 Å². The summed E-state index contributed by atoms with van der Waals surface area (Å²) in [6, 6.07) is 1.70. The Morgan fingerprint density at radius 3 is 2.20 bits per heavy atom. The van der Waals surface area contributed by atoms with Crippen molar-refractivity contribution in [2.75, 3.05) is 13.1 Å². The summed E-state index contributed by atoms with van der Waals surface area (Å²) < 4.78 is 24.5. The van der Waals surface area contributed by atoms with Gasteiger partial charge in [0.1, 0.15) is 0 Å². The van der Waals surface area contributed by atoms with E-state index < -0.39 is 20.9 Å². The van der Waals surface area contributed by atoms with Gasteiger partial charge in [0.05, 0.1) is 11.7 Å². The van der Waals surface area contributed by atoms with E-state index in [9.17, 15) is 13.5 Å². The summed E-state index contributed by atoms with van der Waals surface area (Å²) in [5.41, 5.74) is -0.928. The molecular formula is C9H16N2O3S. The molecule has 86 valence electrons. The third kappa shape index (κ3) is 2.00. The van der Waals surface area contributed by atoms with E-state index in [4.69, 9.17) is 5.26 Å². The minimum atomic E-state index is -3.54. The molecule has 0 aliphatic carbocycles. The van der Waals surface area contributed by atoms with Gasteiger partial charge in [-0.2, -0.15) is 9.57 Å². The summed E-state index contributed by atoms with van der Waals surface area (Å²) in [5, 5.41) is 17.4. The molecule has 5 nitrogen and oxygen atoms in total. The third-order valence-electron chi connectivity index (χ3n) is 2.96. The molecule has 0 aromatic heterocycles. The van der Waals surface area contributed by atoms with E-state index >= 15 is 0 Å². The normalized spacial score (nSPS) is 23.2. The maximum absolute atomic E-state index is 11.6. The van der Waals surface area contributed by atoms with Crippen LogP contribution in [0.4, 0.5) is 0 Å². The first-order chi connectivity index (χ1) is 6.74. The van der Waals surface area contributed by atoms with Crippen molar-refractivity contribution in [2.45, 2.75) is 31.6 Å². The third-order valence-corrected chi connectivity index (χ3v) is 4.94. The fraction of sp³-hybridized carbons (Fsp3) is 0.889. The maximum Gasteiger partial charge on any atom is 0.230 e. The van der Waals surface area contributed by atoms with Crippen LogP contribution >= 0.6 is 0 Å². The number of rotatable bonds is 3. The molecule has 0 amide bonds. The van der Waals surface area contributed by atoms with Crippen molar-refractivity contribution in [1.82, 2.24) is 4.31 Å². The Bertz CT molecular complexity index is 377. The van der Waals surface area contributed by atoms with Crippen molar-refractivity contribution in [1.29, 1.82) is 5.26 Å². The van der Waals surface area contributed by atoms with Gasteiger partial charge in [0, 0.05) is 13.1 Å². The highest BCUT2D eigenvalue weighted by Gasteiger charge is 2.49. The molecule has 1 atom stereocenters. The van der Waals surface area contributed by atoms with Crippen molar-refractivity contribution < 1.29 is 13.5 Å². The van der Waals surface area contributed by atoms with Gasteiger partial charge in [-0.15, -0.1) is 0 Å². The SMILES string of the molecule is CC(C)C1(O)CN(S(=O)(=O)C(C)C#N)C1. The van der Waals surface area contributed by atoms with E-state index in [2.05, 4.69) is 0 Å². The first kappa shape index (κ1) is 12.4. The Morgan fingerprint density at radius 1 is 1.40 bits per heavy atom. The predicted molar refractivity (Wildman–Crippen MR) is 55.4 cm³/mol. The molecule has 1 aliphatic heterocycles. The molecule has 1 rings (SSSR count). The molecular weight excluding hydrogens is 216 g/mol. The minimum absolute atomic E-state index is 0.0151. The second kappa shape index (κ2) is 3.74. The lowest BCUT2D eigenvalue weighted by Gasteiger charge is -2.48. The number of hydrogen-bond acceptors (Lipinski definition) is 4. The fourth-order valence-corrected chi connectivity index (χ4v) is 2.79. The standard InChI is InChI=1S/C9H16N2O3S/c1-7(2)9(12)5-11(6-9)15(13,14)8(3)4-10/h7-8,12H,5-6H2,1-3H3. The zero-order valence-corrected chi connectivity index (χ0v) is 9.95. The molecule has 1 unspecified atom stereocenters. The van der Waals surface area contributed by atoms with Gasteiger partial charge in [0.25, 0.3) is 0 Å². The maximum atomic E-state index is 11.6. The van der Waals surface area contributed by atoms with Crippen LogP contribution in [0.15, 0.2) is 0 Å². The van der Waals surface area contributed by atoms with E-state index in [0.29, 0.717) is 0 Å². The summed E-state index contributed by atoms with van der Waals surface area (Å²) in [4.78, 5) is 0. The summed E-state index contributed by atoms with van der Waals surface area (Å²) in [7, 11) is -3.54. The highest BCUT2D eigenvalue weighted by atomic mass is 32.2. The van der Waals surface area contributed by atoms with Crippen molar-refractivity contribution in [2.24, 2.45) is 5.92 Å². The average Bonchev–Trinajstić information content (AvgIpc) is 2.10. The van der Waals surface area contributed by atoms with Crippen LogP contribution in [0.1, 0.15) is 20.8 Å². The predicted octanol–water partition coefficient (Wildman–Crippen LogP) is -0.0690. The summed E-state index contributed by atoms with van der Waals surface area (Å²) in [5.74, 6) is 0.0151. The molecule has 0 spiro atoms. The van der Waals surface area contributed by atoms with Gasteiger partial charge >= 0.3 is 0 Å². The number of aliphatic hydroxyl groups is 1. The van der Waals surface area contributed by atoms with Crippen molar-refractivity contribution in [3.05, 3.63) is 0 Å². The van der Waals surface area contributed by atoms with Crippen LogP contribution in [-0.2, 0) is 10.0 Å². The molecule has 1 N–H and O–H groups in total.